The van der Waals surface area contributed by atoms with Crippen molar-refractivity contribution in [2.75, 3.05) is 13.1 Å². The van der Waals surface area contributed by atoms with Crippen LogP contribution in [-0.4, -0.2) is 44.3 Å². The molecule has 9 heteroatoms. The van der Waals surface area contributed by atoms with Crippen molar-refractivity contribution in [2.45, 2.75) is 24.9 Å². The summed E-state index contributed by atoms with van der Waals surface area (Å²) in [6, 6.07) is 8.56. The molecule has 0 radical (unpaired) electrons. The predicted octanol–water partition coefficient (Wildman–Crippen LogP) is 3.18. The number of carbonyl (C=O) groups excluding carboxylic acids is 1. The van der Waals surface area contributed by atoms with Crippen LogP contribution in [0.2, 0.25) is 0 Å². The number of halogens is 3. The molecule has 1 atom stereocenters. The van der Waals surface area contributed by atoms with E-state index in [2.05, 4.69) is 20.4 Å². The summed E-state index contributed by atoms with van der Waals surface area (Å²) < 4.78 is 39.1. The number of hydrogen-bond donors (Lipinski definition) is 1. The molecule has 2 aromatic heterocycles. The first-order valence-electron chi connectivity index (χ1n) is 8.41. The molecule has 140 valence electrons. The highest BCUT2D eigenvalue weighted by molar-refractivity contribution is 5.94. The average molecular weight is 375 g/mol. The second-order valence-corrected chi connectivity index (χ2v) is 6.98. The maximum absolute atomic E-state index is 13.0. The van der Waals surface area contributed by atoms with E-state index >= 15 is 0 Å². The van der Waals surface area contributed by atoms with Gasteiger partial charge in [0.25, 0.3) is 5.91 Å². The Morgan fingerprint density at radius 2 is 2.04 bits per heavy atom. The molecule has 0 aliphatic carbocycles. The van der Waals surface area contributed by atoms with Crippen LogP contribution in [0.3, 0.4) is 0 Å². The molecule has 1 unspecified atom stereocenters. The van der Waals surface area contributed by atoms with Crippen LogP contribution in [0.25, 0.3) is 11.2 Å². The minimum absolute atomic E-state index is 0.240. The van der Waals surface area contributed by atoms with Gasteiger partial charge in [-0.25, -0.2) is 4.98 Å². The number of aromatic amines is 1. The average Bonchev–Trinajstić information content (AvgIpc) is 3.27. The summed E-state index contributed by atoms with van der Waals surface area (Å²) in [5, 5.41) is 10.2. The SMILES string of the molecule is CC1(c2cccc(C(F)(F)F)c2)CCN(C(=O)c2ccc3n[nH]nc3n2)C1. The molecule has 1 aliphatic heterocycles. The fourth-order valence-electron chi connectivity index (χ4n) is 3.46. The second-order valence-electron chi connectivity index (χ2n) is 6.98. The standard InChI is InChI=1S/C18H16F3N5O/c1-17(11-3-2-4-12(9-11)18(19,20)21)7-8-26(10-17)16(27)14-6-5-13-15(22-14)24-25-23-13/h2-6,9H,7-8,10H2,1H3,(H,22,23,24,25). The molecule has 1 N–H and O–H groups in total. The number of hydrogen-bond acceptors (Lipinski definition) is 4. The van der Waals surface area contributed by atoms with Gasteiger partial charge in [0.1, 0.15) is 11.2 Å². The van der Waals surface area contributed by atoms with Crippen molar-refractivity contribution < 1.29 is 18.0 Å². The number of nitrogens with zero attached hydrogens (tertiary/aromatic N) is 4. The Morgan fingerprint density at radius 1 is 1.22 bits per heavy atom. The fourth-order valence-corrected chi connectivity index (χ4v) is 3.46. The molecule has 6 nitrogen and oxygen atoms in total. The predicted molar refractivity (Wildman–Crippen MR) is 91.0 cm³/mol. The van der Waals surface area contributed by atoms with E-state index in [0.717, 1.165) is 6.07 Å². The van der Waals surface area contributed by atoms with Gasteiger partial charge in [0, 0.05) is 18.5 Å². The van der Waals surface area contributed by atoms with Crippen molar-refractivity contribution >= 4 is 17.1 Å². The number of rotatable bonds is 2. The first kappa shape index (κ1) is 17.4. The summed E-state index contributed by atoms with van der Waals surface area (Å²) in [7, 11) is 0. The number of H-pyrrole nitrogens is 1. The van der Waals surface area contributed by atoms with E-state index in [1.807, 2.05) is 6.92 Å². The zero-order valence-electron chi connectivity index (χ0n) is 14.4. The Hall–Kier alpha value is -2.97. The van der Waals surface area contributed by atoms with E-state index in [4.69, 9.17) is 0 Å². The van der Waals surface area contributed by atoms with E-state index in [9.17, 15) is 18.0 Å². The van der Waals surface area contributed by atoms with Crippen molar-refractivity contribution in [1.82, 2.24) is 25.3 Å². The highest BCUT2D eigenvalue weighted by atomic mass is 19.4. The topological polar surface area (TPSA) is 74.8 Å². The summed E-state index contributed by atoms with van der Waals surface area (Å²) >= 11 is 0. The third-order valence-electron chi connectivity index (χ3n) is 5.05. The van der Waals surface area contributed by atoms with Gasteiger partial charge in [-0.3, -0.25) is 4.79 Å². The lowest BCUT2D eigenvalue weighted by Gasteiger charge is -2.26. The van der Waals surface area contributed by atoms with Gasteiger partial charge in [0.05, 0.1) is 5.56 Å². The van der Waals surface area contributed by atoms with Crippen LogP contribution in [0, 0.1) is 0 Å². The molecule has 0 bridgehead atoms. The monoisotopic (exact) mass is 375 g/mol. The third kappa shape index (κ3) is 3.13. The highest BCUT2D eigenvalue weighted by Crippen LogP contribution is 2.38. The quantitative estimate of drug-likeness (QED) is 0.747. The Labute approximate surface area is 152 Å². The normalized spacial score (nSPS) is 20.4. The van der Waals surface area contributed by atoms with Crippen LogP contribution in [-0.2, 0) is 11.6 Å². The summed E-state index contributed by atoms with van der Waals surface area (Å²) in [4.78, 5) is 18.6. The zero-order valence-corrected chi connectivity index (χ0v) is 14.4. The van der Waals surface area contributed by atoms with Crippen molar-refractivity contribution in [3.05, 3.63) is 53.2 Å². The van der Waals surface area contributed by atoms with Crippen LogP contribution < -0.4 is 0 Å². The molecule has 3 heterocycles. The molecular formula is C18H16F3N5O. The largest absolute Gasteiger partial charge is 0.416 e. The van der Waals surface area contributed by atoms with E-state index in [-0.39, 0.29) is 11.6 Å². The summed E-state index contributed by atoms with van der Waals surface area (Å²) in [6.07, 6.45) is -3.82. The molecule has 0 spiro atoms. The first-order chi connectivity index (χ1) is 12.8. The number of pyridine rings is 1. The maximum Gasteiger partial charge on any atom is 0.416 e. The number of alkyl halides is 3. The fraction of sp³-hybridized carbons (Fsp3) is 0.333. The number of likely N-dealkylation sites (tertiary alicyclic amines) is 1. The van der Waals surface area contributed by atoms with E-state index in [1.54, 1.807) is 23.1 Å². The number of carbonyl (C=O) groups is 1. The second kappa shape index (κ2) is 6.04. The Morgan fingerprint density at radius 3 is 2.81 bits per heavy atom. The molecule has 1 aliphatic rings. The lowest BCUT2D eigenvalue weighted by Crippen LogP contribution is -2.33. The van der Waals surface area contributed by atoms with Crippen molar-refractivity contribution in [3.63, 3.8) is 0 Å². The highest BCUT2D eigenvalue weighted by Gasteiger charge is 2.39. The minimum Gasteiger partial charge on any atom is -0.336 e. The first-order valence-corrected chi connectivity index (χ1v) is 8.41. The van der Waals surface area contributed by atoms with Gasteiger partial charge in [-0.2, -0.15) is 23.5 Å². The van der Waals surface area contributed by atoms with E-state index in [1.165, 1.54) is 12.1 Å². The summed E-state index contributed by atoms with van der Waals surface area (Å²) in [5.41, 5.74) is 0.499. The van der Waals surface area contributed by atoms with Crippen LogP contribution in [0.15, 0.2) is 36.4 Å². The Bertz CT molecular complexity index is 1020. The van der Waals surface area contributed by atoms with Crippen LogP contribution in [0.5, 0.6) is 0 Å². The summed E-state index contributed by atoms with van der Waals surface area (Å²) in [5.74, 6) is -0.268. The van der Waals surface area contributed by atoms with Crippen molar-refractivity contribution in [2.24, 2.45) is 0 Å². The van der Waals surface area contributed by atoms with Crippen LogP contribution in [0.1, 0.15) is 35.0 Å². The Kier molecular flexibility index (Phi) is 3.90. The molecule has 1 aromatic carbocycles. The molecule has 27 heavy (non-hydrogen) atoms. The number of amides is 1. The number of aromatic nitrogens is 4. The van der Waals surface area contributed by atoms with E-state index in [0.29, 0.717) is 36.2 Å². The number of fused-ring (bicyclic) bond motifs is 1. The van der Waals surface area contributed by atoms with Crippen LogP contribution >= 0.6 is 0 Å². The lowest BCUT2D eigenvalue weighted by molar-refractivity contribution is -0.137. The lowest BCUT2D eigenvalue weighted by atomic mass is 9.81. The van der Waals surface area contributed by atoms with Gasteiger partial charge in [-0.15, -0.1) is 5.10 Å². The molecular weight excluding hydrogens is 359 g/mol. The van der Waals surface area contributed by atoms with Gasteiger partial charge in [-0.05, 0) is 30.2 Å². The molecule has 0 saturated carbocycles. The number of nitrogens with one attached hydrogen (secondary N) is 1. The zero-order chi connectivity index (χ0) is 19.2. The molecule has 3 aromatic rings. The molecule has 1 amide bonds. The molecule has 4 rings (SSSR count). The van der Waals surface area contributed by atoms with Gasteiger partial charge in [0.2, 0.25) is 5.65 Å². The van der Waals surface area contributed by atoms with Crippen molar-refractivity contribution in [1.29, 1.82) is 0 Å². The molecule has 1 saturated heterocycles. The molecule has 1 fully saturated rings. The maximum atomic E-state index is 13.0. The van der Waals surface area contributed by atoms with Gasteiger partial charge < -0.3 is 4.90 Å². The van der Waals surface area contributed by atoms with Gasteiger partial charge >= 0.3 is 6.18 Å². The van der Waals surface area contributed by atoms with Crippen molar-refractivity contribution in [3.8, 4) is 0 Å². The number of benzene rings is 1. The third-order valence-corrected chi connectivity index (χ3v) is 5.05. The van der Waals surface area contributed by atoms with Crippen LogP contribution in [0.4, 0.5) is 13.2 Å². The Balaban J connectivity index is 1.57. The van der Waals surface area contributed by atoms with Gasteiger partial charge in [-0.1, -0.05) is 25.1 Å². The minimum atomic E-state index is -4.39. The van der Waals surface area contributed by atoms with E-state index < -0.39 is 17.2 Å². The summed E-state index contributed by atoms with van der Waals surface area (Å²) in [6.45, 7) is 2.65. The smallest absolute Gasteiger partial charge is 0.336 e. The van der Waals surface area contributed by atoms with Gasteiger partial charge in [0.15, 0.2) is 0 Å².